The standard InChI is InChI=1S/C18H23NO.2C2H6.CH4/c20-17(19-12-13-4-2-1-3-5-13)18-9-14-6-15(10-18)8-16(7-14)11-18;2*1-2;/h1-5,14-16H,6-12H2,(H,19,20);2*1-2H3;1H4. The van der Waals surface area contributed by atoms with E-state index in [2.05, 4.69) is 17.4 Å². The average molecular weight is 346 g/mol. The van der Waals surface area contributed by atoms with Gasteiger partial charge in [0, 0.05) is 12.0 Å². The van der Waals surface area contributed by atoms with Crippen LogP contribution in [0.15, 0.2) is 30.3 Å². The van der Waals surface area contributed by atoms with Crippen LogP contribution in [-0.4, -0.2) is 5.91 Å². The zero-order chi connectivity index (χ0) is 17.6. The highest BCUT2D eigenvalue weighted by atomic mass is 16.2. The summed E-state index contributed by atoms with van der Waals surface area (Å²) in [5.41, 5.74) is 1.19. The second kappa shape index (κ2) is 9.99. The smallest absolute Gasteiger partial charge is 0.226 e. The summed E-state index contributed by atoms with van der Waals surface area (Å²) in [5, 5.41) is 3.22. The zero-order valence-electron chi connectivity index (χ0n) is 16.0. The fraction of sp³-hybridized carbons (Fsp3) is 0.696. The fourth-order valence-corrected chi connectivity index (χ4v) is 5.35. The second-order valence-corrected chi connectivity index (χ2v) is 7.37. The van der Waals surface area contributed by atoms with E-state index in [1.165, 1.54) is 24.8 Å². The van der Waals surface area contributed by atoms with Crippen LogP contribution in [0, 0.1) is 23.2 Å². The maximum absolute atomic E-state index is 12.8. The Hall–Kier alpha value is -1.31. The molecule has 0 aliphatic heterocycles. The van der Waals surface area contributed by atoms with E-state index < -0.39 is 0 Å². The molecule has 142 valence electrons. The van der Waals surface area contributed by atoms with Gasteiger partial charge in [0.2, 0.25) is 5.91 Å². The van der Waals surface area contributed by atoms with Crippen LogP contribution in [-0.2, 0) is 11.3 Å². The van der Waals surface area contributed by atoms with Crippen molar-refractivity contribution in [3.05, 3.63) is 35.9 Å². The Morgan fingerprint density at radius 2 is 1.36 bits per heavy atom. The molecule has 4 saturated carbocycles. The van der Waals surface area contributed by atoms with Crippen LogP contribution in [0.5, 0.6) is 0 Å². The topological polar surface area (TPSA) is 29.1 Å². The molecule has 4 fully saturated rings. The first kappa shape index (κ1) is 21.7. The monoisotopic (exact) mass is 345 g/mol. The molecule has 0 spiro atoms. The molecule has 0 atom stereocenters. The zero-order valence-corrected chi connectivity index (χ0v) is 16.0. The van der Waals surface area contributed by atoms with Gasteiger partial charge in [-0.1, -0.05) is 65.5 Å². The van der Waals surface area contributed by atoms with Crippen molar-refractivity contribution in [3.8, 4) is 0 Å². The quantitative estimate of drug-likeness (QED) is 0.693. The van der Waals surface area contributed by atoms with Crippen LogP contribution in [0.2, 0.25) is 0 Å². The summed E-state index contributed by atoms with van der Waals surface area (Å²) in [6.07, 6.45) is 7.64. The predicted octanol–water partition coefficient (Wildman–Crippen LogP) is 6.21. The first-order chi connectivity index (χ1) is 11.7. The van der Waals surface area contributed by atoms with Gasteiger partial charge in [0.15, 0.2) is 0 Å². The van der Waals surface area contributed by atoms with Gasteiger partial charge >= 0.3 is 0 Å². The Balaban J connectivity index is 0.000000586. The van der Waals surface area contributed by atoms with Crippen molar-refractivity contribution < 1.29 is 4.79 Å². The Morgan fingerprint density at radius 1 is 0.920 bits per heavy atom. The summed E-state index contributed by atoms with van der Waals surface area (Å²) in [5.74, 6) is 2.84. The lowest BCUT2D eigenvalue weighted by molar-refractivity contribution is -0.146. The molecule has 0 unspecified atom stereocenters. The van der Waals surface area contributed by atoms with Gasteiger partial charge < -0.3 is 5.32 Å². The van der Waals surface area contributed by atoms with Crippen LogP contribution in [0.3, 0.4) is 0 Å². The molecule has 1 aromatic carbocycles. The third-order valence-corrected chi connectivity index (χ3v) is 5.82. The summed E-state index contributed by atoms with van der Waals surface area (Å²) in [7, 11) is 0. The molecule has 5 rings (SSSR count). The number of rotatable bonds is 3. The molecule has 2 heteroatoms. The largest absolute Gasteiger partial charge is 0.352 e. The van der Waals surface area contributed by atoms with E-state index in [1.807, 2.05) is 45.9 Å². The summed E-state index contributed by atoms with van der Waals surface area (Å²) in [6, 6.07) is 10.3. The van der Waals surface area contributed by atoms with E-state index in [0.717, 1.165) is 37.0 Å². The lowest BCUT2D eigenvalue weighted by atomic mass is 9.49. The van der Waals surface area contributed by atoms with Crippen molar-refractivity contribution >= 4 is 5.91 Å². The van der Waals surface area contributed by atoms with Gasteiger partial charge in [-0.3, -0.25) is 4.79 Å². The molecule has 1 amide bonds. The van der Waals surface area contributed by atoms with Crippen molar-refractivity contribution in [3.63, 3.8) is 0 Å². The van der Waals surface area contributed by atoms with Crippen molar-refractivity contribution in [2.45, 2.75) is 80.2 Å². The van der Waals surface area contributed by atoms with Crippen molar-refractivity contribution in [1.29, 1.82) is 0 Å². The number of hydrogen-bond acceptors (Lipinski definition) is 1. The van der Waals surface area contributed by atoms with E-state index in [-0.39, 0.29) is 12.8 Å². The van der Waals surface area contributed by atoms with Gasteiger partial charge in [0.25, 0.3) is 0 Å². The van der Waals surface area contributed by atoms with E-state index in [4.69, 9.17) is 0 Å². The predicted molar refractivity (Wildman–Crippen MR) is 108 cm³/mol. The summed E-state index contributed by atoms with van der Waals surface area (Å²) >= 11 is 0. The number of hydrogen-bond donors (Lipinski definition) is 1. The molecule has 0 radical (unpaired) electrons. The lowest BCUT2D eigenvalue weighted by Crippen LogP contribution is -2.53. The third-order valence-electron chi connectivity index (χ3n) is 5.82. The minimum Gasteiger partial charge on any atom is -0.352 e. The van der Waals surface area contributed by atoms with Crippen molar-refractivity contribution in [2.75, 3.05) is 0 Å². The molecule has 1 aromatic rings. The first-order valence-corrected chi connectivity index (χ1v) is 10.1. The highest BCUT2D eigenvalue weighted by molar-refractivity contribution is 5.83. The van der Waals surface area contributed by atoms with Gasteiger partial charge in [-0.25, -0.2) is 0 Å². The Morgan fingerprint density at radius 3 is 1.80 bits per heavy atom. The van der Waals surface area contributed by atoms with Gasteiger partial charge in [-0.05, 0) is 61.8 Å². The minimum atomic E-state index is -0.0104. The van der Waals surface area contributed by atoms with Crippen LogP contribution in [0.25, 0.3) is 0 Å². The highest BCUT2D eigenvalue weighted by Crippen LogP contribution is 2.60. The molecule has 2 nitrogen and oxygen atoms in total. The number of nitrogens with one attached hydrogen (secondary N) is 1. The van der Waals surface area contributed by atoms with Gasteiger partial charge in [0.05, 0.1) is 0 Å². The summed E-state index contributed by atoms with van der Waals surface area (Å²) < 4.78 is 0. The SMILES string of the molecule is C.CC.CC.O=C(NCc1ccccc1)C12CC3CC(CC(C3)C1)C2. The van der Waals surface area contributed by atoms with E-state index in [0.29, 0.717) is 12.5 Å². The molecule has 4 aliphatic rings. The molecule has 4 bridgehead atoms. The van der Waals surface area contributed by atoms with Crippen LogP contribution < -0.4 is 5.32 Å². The molecule has 0 heterocycles. The van der Waals surface area contributed by atoms with Gasteiger partial charge in [0.1, 0.15) is 0 Å². The maximum Gasteiger partial charge on any atom is 0.226 e. The molecular weight excluding hydrogens is 306 g/mol. The van der Waals surface area contributed by atoms with E-state index in [1.54, 1.807) is 0 Å². The Kier molecular flexibility index (Phi) is 8.68. The van der Waals surface area contributed by atoms with Crippen molar-refractivity contribution in [2.24, 2.45) is 23.2 Å². The normalized spacial score (nSPS) is 30.8. The summed E-state index contributed by atoms with van der Waals surface area (Å²) in [4.78, 5) is 12.8. The highest BCUT2D eigenvalue weighted by Gasteiger charge is 2.54. The van der Waals surface area contributed by atoms with E-state index in [9.17, 15) is 4.79 Å². The Bertz CT molecular complexity index is 473. The molecular formula is C23H39NO. The number of carbonyl (C=O) groups excluding carboxylic acids is 1. The molecule has 0 saturated heterocycles. The maximum atomic E-state index is 12.8. The van der Waals surface area contributed by atoms with Crippen LogP contribution >= 0.6 is 0 Å². The fourth-order valence-electron chi connectivity index (χ4n) is 5.35. The minimum absolute atomic E-state index is 0. The molecule has 0 aromatic heterocycles. The van der Waals surface area contributed by atoms with Gasteiger partial charge in [-0.15, -0.1) is 0 Å². The number of amides is 1. The molecule has 1 N–H and O–H groups in total. The van der Waals surface area contributed by atoms with Crippen LogP contribution in [0.4, 0.5) is 0 Å². The number of carbonyl (C=O) groups is 1. The van der Waals surface area contributed by atoms with E-state index >= 15 is 0 Å². The van der Waals surface area contributed by atoms with Crippen LogP contribution in [0.1, 0.15) is 79.2 Å². The second-order valence-electron chi connectivity index (χ2n) is 7.37. The van der Waals surface area contributed by atoms with Gasteiger partial charge in [-0.2, -0.15) is 0 Å². The number of benzene rings is 1. The molecule has 4 aliphatic carbocycles. The summed E-state index contributed by atoms with van der Waals surface area (Å²) in [6.45, 7) is 8.68. The third kappa shape index (κ3) is 4.86. The average Bonchev–Trinajstić information content (AvgIpc) is 2.63. The molecule has 25 heavy (non-hydrogen) atoms. The Labute approximate surface area is 155 Å². The van der Waals surface area contributed by atoms with Crippen molar-refractivity contribution in [1.82, 2.24) is 5.32 Å². The first-order valence-electron chi connectivity index (χ1n) is 10.1. The lowest BCUT2D eigenvalue weighted by Gasteiger charge is -2.55.